The van der Waals surface area contributed by atoms with Gasteiger partial charge >= 0.3 is 23.2 Å². The zero-order chi connectivity index (χ0) is 28.0. The van der Waals surface area contributed by atoms with Crippen molar-refractivity contribution in [3.8, 4) is 0 Å². The van der Waals surface area contributed by atoms with Crippen LogP contribution in [0.25, 0.3) is 0 Å². The normalized spacial score (nSPS) is 18.1. The summed E-state index contributed by atoms with van der Waals surface area (Å²) in [5.74, 6) is 0.279. The van der Waals surface area contributed by atoms with Crippen LogP contribution in [0, 0.1) is 75.5 Å². The van der Waals surface area contributed by atoms with Crippen molar-refractivity contribution in [3.05, 3.63) is 63.7 Å². The SMILES string of the molecule is CC(C)C[C@H](NC(=O)OC(C)(C)C)[C@H](O)CC(=O)N[C@H](C(=O)NC[C]1[CH][CH][CH][CH]1)C(C)C.[CH]1[CH][CH][CH][CH]1.[Fe+2]. The fourth-order valence-electron chi connectivity index (χ4n) is 3.53. The Labute approximate surface area is 242 Å². The zero-order valence-electron chi connectivity index (χ0n) is 23.6. The number of ether oxygens (including phenoxy) is 1. The predicted molar refractivity (Wildman–Crippen MR) is 145 cm³/mol. The maximum Gasteiger partial charge on any atom is 2.00 e. The molecule has 2 aliphatic carbocycles. The Morgan fingerprint density at radius 2 is 1.42 bits per heavy atom. The Balaban J connectivity index is 0.00000203. The van der Waals surface area contributed by atoms with Gasteiger partial charge in [0, 0.05) is 12.5 Å². The quantitative estimate of drug-likeness (QED) is 0.284. The minimum absolute atomic E-state index is 0. The van der Waals surface area contributed by atoms with Crippen LogP contribution < -0.4 is 16.0 Å². The van der Waals surface area contributed by atoms with Gasteiger partial charge in [0.15, 0.2) is 0 Å². The minimum Gasteiger partial charge on any atom is -0.444 e. The average molecular weight is 572 g/mol. The largest absolute Gasteiger partial charge is 2.00 e. The van der Waals surface area contributed by atoms with Gasteiger partial charge in [-0.25, -0.2) is 4.79 Å². The minimum atomic E-state index is -1.12. The van der Waals surface area contributed by atoms with Crippen LogP contribution in [0.4, 0.5) is 4.79 Å². The van der Waals surface area contributed by atoms with Crippen molar-refractivity contribution in [2.75, 3.05) is 6.54 Å². The van der Waals surface area contributed by atoms with E-state index in [-0.39, 0.29) is 41.2 Å². The van der Waals surface area contributed by atoms with Gasteiger partial charge in [0.1, 0.15) is 11.6 Å². The molecule has 0 aromatic carbocycles. The van der Waals surface area contributed by atoms with Gasteiger partial charge in [-0.1, -0.05) is 27.7 Å². The van der Waals surface area contributed by atoms with Gasteiger partial charge in [-0.2, -0.15) is 0 Å². The van der Waals surface area contributed by atoms with Crippen molar-refractivity contribution in [2.24, 2.45) is 11.8 Å². The molecule has 0 unspecified atom stereocenters. The molecule has 10 radical (unpaired) electrons. The molecule has 4 N–H and O–H groups in total. The van der Waals surface area contributed by atoms with Crippen LogP contribution >= 0.6 is 0 Å². The molecule has 2 fully saturated rings. The molecule has 2 rings (SSSR count). The summed E-state index contributed by atoms with van der Waals surface area (Å²) in [4.78, 5) is 37.4. The Morgan fingerprint density at radius 1 is 0.895 bits per heavy atom. The van der Waals surface area contributed by atoms with Gasteiger partial charge in [-0.05, 0) is 96.8 Å². The van der Waals surface area contributed by atoms with E-state index in [4.69, 9.17) is 4.74 Å². The van der Waals surface area contributed by atoms with Crippen molar-refractivity contribution < 1.29 is 41.3 Å². The maximum atomic E-state index is 12.6. The van der Waals surface area contributed by atoms with Crippen molar-refractivity contribution >= 4 is 17.9 Å². The number of nitrogens with one attached hydrogen (secondary N) is 3. The van der Waals surface area contributed by atoms with Gasteiger partial charge in [0.05, 0.1) is 18.6 Å². The van der Waals surface area contributed by atoms with Crippen LogP contribution in [-0.2, 0) is 31.4 Å². The van der Waals surface area contributed by atoms with Crippen molar-refractivity contribution in [2.45, 2.75) is 85.1 Å². The standard InChI is InChI=1S/C24H40N3O5.C5H5.Fe/c1-15(2)12-18(26-23(31)32-24(5,6)7)19(28)13-20(29)27-21(16(3)4)22(30)25-14-17-10-8-9-11-17;1-2-4-5-3-1;/h8-11,15-16,18-19,21,28H,12-14H2,1-7H3,(H,25,30)(H,26,31)(H,27,29);1-5H;/q;;+2/t18-,19+,21-;;/m0../s1. The predicted octanol–water partition coefficient (Wildman–Crippen LogP) is 3.36. The molecule has 8 nitrogen and oxygen atoms in total. The summed E-state index contributed by atoms with van der Waals surface area (Å²) in [5.41, 5.74) is -0.672. The van der Waals surface area contributed by atoms with E-state index in [0.29, 0.717) is 13.0 Å². The first-order chi connectivity index (χ1) is 17.3. The summed E-state index contributed by atoms with van der Waals surface area (Å²) < 4.78 is 5.28. The summed E-state index contributed by atoms with van der Waals surface area (Å²) in [6, 6.07) is -1.38. The first-order valence-electron chi connectivity index (χ1n) is 12.9. The molecule has 2 saturated carbocycles. The molecule has 0 aromatic rings. The van der Waals surface area contributed by atoms with E-state index in [1.165, 1.54) is 0 Å². The van der Waals surface area contributed by atoms with Crippen LogP contribution in [0.15, 0.2) is 0 Å². The molecule has 3 amide bonds. The summed E-state index contributed by atoms with van der Waals surface area (Å²) in [7, 11) is 0. The van der Waals surface area contributed by atoms with Crippen LogP contribution in [0.1, 0.15) is 61.3 Å². The maximum absolute atomic E-state index is 12.6. The van der Waals surface area contributed by atoms with Crippen LogP contribution in [0.3, 0.4) is 0 Å². The van der Waals surface area contributed by atoms with E-state index in [1.54, 1.807) is 20.8 Å². The first kappa shape index (κ1) is 36.7. The van der Waals surface area contributed by atoms with E-state index in [0.717, 1.165) is 5.92 Å². The molecule has 2 aliphatic rings. The molecule has 0 bridgehead atoms. The van der Waals surface area contributed by atoms with Crippen LogP contribution in [0.2, 0.25) is 0 Å². The summed E-state index contributed by atoms with van der Waals surface area (Å²) in [6.45, 7) is 13.2. The Morgan fingerprint density at radius 3 is 1.87 bits per heavy atom. The third kappa shape index (κ3) is 16.6. The van der Waals surface area contributed by atoms with Gasteiger partial charge in [-0.15, -0.1) is 0 Å². The van der Waals surface area contributed by atoms with E-state index < -0.39 is 35.8 Å². The second-order valence-corrected chi connectivity index (χ2v) is 10.9. The number of carbonyl (C=O) groups is 3. The fourth-order valence-corrected chi connectivity index (χ4v) is 3.53. The van der Waals surface area contributed by atoms with E-state index in [9.17, 15) is 19.5 Å². The molecule has 0 aromatic heterocycles. The number of amides is 3. The van der Waals surface area contributed by atoms with Gasteiger partial charge in [0.25, 0.3) is 0 Å². The van der Waals surface area contributed by atoms with E-state index in [1.807, 2.05) is 85.5 Å². The van der Waals surface area contributed by atoms with Gasteiger partial charge in [0.2, 0.25) is 11.8 Å². The Kier molecular flexibility index (Phi) is 18.2. The number of hydrogen-bond acceptors (Lipinski definition) is 5. The number of aliphatic hydroxyl groups is 1. The summed E-state index contributed by atoms with van der Waals surface area (Å²) in [6.07, 6.45) is 16.1. The molecule has 0 aliphatic heterocycles. The smallest absolute Gasteiger partial charge is 0.444 e. The molecule has 38 heavy (non-hydrogen) atoms. The van der Waals surface area contributed by atoms with Crippen molar-refractivity contribution in [1.29, 1.82) is 0 Å². The first-order valence-corrected chi connectivity index (χ1v) is 12.9. The number of carbonyl (C=O) groups excluding carboxylic acids is 3. The van der Waals surface area contributed by atoms with Gasteiger partial charge < -0.3 is 25.8 Å². The molecule has 0 spiro atoms. The topological polar surface area (TPSA) is 117 Å². The zero-order valence-corrected chi connectivity index (χ0v) is 24.7. The second kappa shape index (κ2) is 18.9. The number of alkyl carbamates (subject to hydrolysis) is 1. The third-order valence-corrected chi connectivity index (χ3v) is 5.31. The second-order valence-electron chi connectivity index (χ2n) is 10.9. The summed E-state index contributed by atoms with van der Waals surface area (Å²) in [5, 5.41) is 18.9. The molecule has 9 heteroatoms. The Bertz CT molecular complexity index is 679. The monoisotopic (exact) mass is 571 g/mol. The molecule has 0 saturated heterocycles. The fraction of sp³-hybridized carbons (Fsp3) is 0.552. The van der Waals surface area contributed by atoms with Crippen molar-refractivity contribution in [3.63, 3.8) is 0 Å². The molecular formula is C29H45FeN3O5+2. The van der Waals surface area contributed by atoms with Crippen LogP contribution in [-0.4, -0.2) is 53.3 Å². The van der Waals surface area contributed by atoms with Crippen molar-refractivity contribution in [1.82, 2.24) is 16.0 Å². The summed E-state index contributed by atoms with van der Waals surface area (Å²) >= 11 is 0. The number of hydrogen-bond donors (Lipinski definition) is 4. The van der Waals surface area contributed by atoms with Crippen LogP contribution in [0.5, 0.6) is 0 Å². The molecular weight excluding hydrogens is 526 g/mol. The number of rotatable bonds is 11. The molecule has 0 heterocycles. The van der Waals surface area contributed by atoms with Gasteiger partial charge in [-0.3, -0.25) is 9.59 Å². The van der Waals surface area contributed by atoms with E-state index >= 15 is 0 Å². The Hall–Kier alpha value is -1.31. The average Bonchev–Trinajstić information content (AvgIpc) is 3.50. The number of aliphatic hydroxyl groups excluding tert-OH is 1. The molecule has 212 valence electrons. The molecule has 3 atom stereocenters. The van der Waals surface area contributed by atoms with E-state index in [2.05, 4.69) is 16.0 Å². The third-order valence-electron chi connectivity index (χ3n) is 5.31.